The average molecular weight is 1840 g/mol. The van der Waals surface area contributed by atoms with Crippen molar-refractivity contribution in [1.29, 1.82) is 0 Å². The minimum Gasteiger partial charge on any atom is -0.394 e. The summed E-state index contributed by atoms with van der Waals surface area (Å²) in [6.45, 7) is -6.13. The third-order valence-electron chi connectivity index (χ3n) is 22.9. The normalized spacial score (nSPS) is 48.4. The molecule has 10 aliphatic rings. The summed E-state index contributed by atoms with van der Waals surface area (Å²) in [7, 11) is 0. The fraction of sp³-hybridized carbons (Fsp3) is 0.929. The van der Waals surface area contributed by atoms with Crippen LogP contribution in [-0.4, -0.2) is 540 Å². The van der Waals surface area contributed by atoms with Crippen LogP contribution in [0.1, 0.15) is 34.6 Å². The van der Waals surface area contributed by atoms with Gasteiger partial charge in [0, 0.05) is 34.6 Å². The van der Waals surface area contributed by atoms with Gasteiger partial charge in [0.1, 0.15) is 244 Å². The molecule has 10 saturated heterocycles. The van der Waals surface area contributed by atoms with E-state index in [1.54, 1.807) is 0 Å². The van der Waals surface area contributed by atoms with Crippen LogP contribution in [0.15, 0.2) is 0 Å². The molecule has 0 spiro atoms. The molecule has 0 radical (unpaired) electrons. The summed E-state index contributed by atoms with van der Waals surface area (Å²) in [5.41, 5.74) is 0. The first-order valence-corrected chi connectivity index (χ1v) is 40.1. The SMILES string of the molecule is CC(=O)N[C@H]1[C@H](O[C@H]2[C@@H](O)[C@@H](CO)O[C@@H](O[C@H]3[C@H](O)[C@@H](NC(C)=O)[C@H](OC[C@H]4O[C@@H](O[C@H]5[C@H](O)[C@@H](NC(C)=O)C(O)O[C@@H]5CO)[C@H](O)[C@@H](O[C@@H]5O[C@H](CO)[C@@H](O[C@@H]6O[C@H](CO)[C@H](O)[C@H](O[C@@H]7O[C@H](CO)[C@@H](O[C@@H]8O[C@H](CO)[C@H](O)[C@H](O)[C@H]8O)[C@H](O)[C@H]7NC(C)=O)[C@H]6O)[C@H](O)[C@H]5NC(C)=O)[C@H]4O)O[C@@H]3CO)[C@@H]2O)O[C@H](CO)[C@@H](O[C@@H]2O[C@H](CO)[C@H](O)[C@H](O)[C@H]2O)[C@@H]1O. The Kier molecular flexibility index (Phi) is 37.4. The Hall–Kier alpha value is -4.49. The van der Waals surface area contributed by atoms with Crippen LogP contribution >= 0.6 is 0 Å². The molecule has 0 saturated carbocycles. The Labute approximate surface area is 713 Å². The lowest BCUT2D eigenvalue weighted by Crippen LogP contribution is -2.71. The molecule has 10 rings (SSSR count). The van der Waals surface area contributed by atoms with E-state index in [0.717, 1.165) is 34.6 Å². The number of carbonyl (C=O) groups excluding carboxylic acids is 5. The fourth-order valence-corrected chi connectivity index (χ4v) is 16.4. The van der Waals surface area contributed by atoms with E-state index in [-0.39, 0.29) is 0 Å². The van der Waals surface area contributed by atoms with Crippen molar-refractivity contribution in [3.05, 3.63) is 0 Å². The molecule has 10 fully saturated rings. The Morgan fingerprint density at radius 3 is 0.675 bits per heavy atom. The van der Waals surface area contributed by atoms with Crippen molar-refractivity contribution in [1.82, 2.24) is 26.6 Å². The largest absolute Gasteiger partial charge is 0.394 e. The molecule has 0 aromatic carbocycles. The first-order valence-electron chi connectivity index (χ1n) is 40.1. The zero-order valence-corrected chi connectivity index (χ0v) is 67.8. The van der Waals surface area contributed by atoms with Gasteiger partial charge >= 0.3 is 0 Å². The lowest BCUT2D eigenvalue weighted by atomic mass is 9.93. The second kappa shape index (κ2) is 45.5. The van der Waals surface area contributed by atoms with E-state index in [1.807, 2.05) is 0 Å². The number of rotatable bonds is 33. The molecule has 0 bridgehead atoms. The summed E-state index contributed by atoms with van der Waals surface area (Å²) in [6, 6.07) is -9.42. The van der Waals surface area contributed by atoms with Crippen molar-refractivity contribution in [3.63, 3.8) is 0 Å². The van der Waals surface area contributed by atoms with E-state index in [9.17, 15) is 162 Å². The maximum atomic E-state index is 13.2. The number of aliphatic hydroxyl groups excluding tert-OH is 27. The summed E-state index contributed by atoms with van der Waals surface area (Å²) in [4.78, 5) is 64.2. The molecule has 32 N–H and O–H groups in total. The van der Waals surface area contributed by atoms with Crippen molar-refractivity contribution in [3.8, 4) is 0 Å². The molecule has 56 nitrogen and oxygen atoms in total. The van der Waals surface area contributed by atoms with Crippen molar-refractivity contribution >= 4 is 29.5 Å². The topological polar surface area (TPSA) is 867 Å². The molecule has 50 atom stereocenters. The summed E-state index contributed by atoms with van der Waals surface area (Å²) in [5, 5.41) is 312. The van der Waals surface area contributed by atoms with Gasteiger partial charge in [0.15, 0.2) is 62.9 Å². The first kappa shape index (κ1) is 104. The maximum Gasteiger partial charge on any atom is 0.217 e. The summed E-state index contributed by atoms with van der Waals surface area (Å²) >= 11 is 0. The molecule has 10 heterocycles. The van der Waals surface area contributed by atoms with Gasteiger partial charge in [-0.05, 0) is 0 Å². The molecule has 56 heteroatoms. The number of carbonyl (C=O) groups is 5. The molecule has 0 aliphatic carbocycles. The zero-order chi connectivity index (χ0) is 92.8. The van der Waals surface area contributed by atoms with Crippen LogP contribution in [0.4, 0.5) is 0 Å². The summed E-state index contributed by atoms with van der Waals surface area (Å²) < 4.78 is 112. The van der Waals surface area contributed by atoms with Crippen molar-refractivity contribution in [2.75, 3.05) is 66.1 Å². The summed E-state index contributed by atoms with van der Waals surface area (Å²) in [5.74, 6) is -4.62. The minimum atomic E-state index is -2.46. The second-order valence-corrected chi connectivity index (χ2v) is 31.7. The van der Waals surface area contributed by atoms with Crippen LogP contribution in [0.25, 0.3) is 0 Å². The molecule has 5 amide bonds. The summed E-state index contributed by atoms with van der Waals surface area (Å²) in [6.07, 6.45) is -92.1. The molecule has 0 aromatic heterocycles. The third-order valence-corrected chi connectivity index (χ3v) is 22.9. The second-order valence-electron chi connectivity index (χ2n) is 31.7. The lowest BCUT2D eigenvalue weighted by molar-refractivity contribution is -0.388. The van der Waals surface area contributed by atoms with Crippen LogP contribution < -0.4 is 26.6 Å². The van der Waals surface area contributed by atoms with Crippen LogP contribution in [-0.2, 0) is 114 Å². The predicted molar refractivity (Wildman–Crippen MR) is 388 cm³/mol. The van der Waals surface area contributed by atoms with Gasteiger partial charge in [0.2, 0.25) is 29.5 Å². The highest BCUT2D eigenvalue weighted by atomic mass is 16.8. The van der Waals surface area contributed by atoms with Gasteiger partial charge in [0.05, 0.1) is 66.1 Å². The number of hydrogen-bond acceptors (Lipinski definition) is 51. The maximum absolute atomic E-state index is 13.2. The monoisotopic (exact) mass is 1840 g/mol. The molecular formula is C70H117N5O51. The van der Waals surface area contributed by atoms with Gasteiger partial charge in [-0.1, -0.05) is 0 Å². The van der Waals surface area contributed by atoms with Gasteiger partial charge in [-0.3, -0.25) is 24.0 Å². The van der Waals surface area contributed by atoms with Crippen molar-refractivity contribution in [2.24, 2.45) is 0 Å². The number of ether oxygens (including phenoxy) is 19. The Balaban J connectivity index is 0.883. The third kappa shape index (κ3) is 22.9. The van der Waals surface area contributed by atoms with E-state index in [0.29, 0.717) is 0 Å². The number of hydrogen-bond donors (Lipinski definition) is 32. The van der Waals surface area contributed by atoms with Gasteiger partial charge in [-0.25, -0.2) is 0 Å². The molecule has 728 valence electrons. The number of nitrogens with one attached hydrogen (secondary N) is 5. The molecule has 0 aromatic rings. The van der Waals surface area contributed by atoms with E-state index < -0.39 is 402 Å². The van der Waals surface area contributed by atoms with Gasteiger partial charge in [0.25, 0.3) is 0 Å². The molecule has 10 aliphatic heterocycles. The highest BCUT2D eigenvalue weighted by molar-refractivity contribution is 5.75. The van der Waals surface area contributed by atoms with Crippen molar-refractivity contribution < 1.29 is 252 Å². The molecule has 1 unspecified atom stereocenters. The van der Waals surface area contributed by atoms with Crippen LogP contribution in [0.5, 0.6) is 0 Å². The van der Waals surface area contributed by atoms with Gasteiger partial charge < -0.3 is 254 Å². The average Bonchev–Trinajstić information content (AvgIpc) is 0.768. The predicted octanol–water partition coefficient (Wildman–Crippen LogP) is -22.1. The van der Waals surface area contributed by atoms with E-state index >= 15 is 0 Å². The highest BCUT2D eigenvalue weighted by Crippen LogP contribution is 2.41. The smallest absolute Gasteiger partial charge is 0.217 e. The highest BCUT2D eigenvalue weighted by Gasteiger charge is 2.62. The number of aliphatic hydroxyl groups is 27. The quantitative estimate of drug-likeness (QED) is 0.0290. The van der Waals surface area contributed by atoms with Gasteiger partial charge in [-0.15, -0.1) is 0 Å². The molecular weight excluding hydrogens is 1730 g/mol. The Bertz CT molecular complexity index is 3440. The minimum absolute atomic E-state index is 0.848. The van der Waals surface area contributed by atoms with Crippen molar-refractivity contribution in [2.45, 2.75) is 341 Å². The lowest BCUT2D eigenvalue weighted by Gasteiger charge is -2.51. The van der Waals surface area contributed by atoms with E-state index in [1.165, 1.54) is 0 Å². The Morgan fingerprint density at radius 1 is 0.206 bits per heavy atom. The first-order chi connectivity index (χ1) is 59.6. The molecule has 126 heavy (non-hydrogen) atoms. The fourth-order valence-electron chi connectivity index (χ4n) is 16.4. The standard InChI is InChI=1S/C70H117N5O51/c1-16(85)71-31-41(95)53(25(10-80)109-61(31)107)121-70-52(106)60(126-65-35(75-20(5)89)45(99)57(29(14-84)117-65)123-69-51(105)59(39(93)24(9-79)113-69)125-64-34(74-19(4)88)44(98)56(28(13-83)116-64)120-67-49(103)47(101)37(91)22(7-77)111-67)40(94)30(118-70)15-108-62-32(72-17(2)86)42(96)54(26(11-81)114-62)122-68-50(104)58(38(92)23(8-78)112-68)124-63-33(73-18(3)87)43(97)55(27(12-82)115-63)119-66-48(102)46(100)36(90)21(6-76)110-66/h21-70,76-84,90-107H,6-15H2,1-5H3,(H,71,85)(H,72,86)(H,73,87)(H,74,88)(H,75,89)/t21-,22-,23-,24-,25-,26-,27-,28-,29-,30-,31-,32-,33-,34-,35-,36+,37+,38+,39+,40+,41-,42-,43-,44-,45-,46+,47+,48-,49-,50-,51-,52-,53-,54-,55-,56-,57-,58+,59+,60+,61?,62-,63+,64+,65+,66+,67+,68+,69+,70+/m1/s1. The van der Waals surface area contributed by atoms with Gasteiger partial charge in [-0.2, -0.15) is 0 Å². The van der Waals surface area contributed by atoms with Crippen LogP contribution in [0, 0.1) is 0 Å². The van der Waals surface area contributed by atoms with E-state index in [4.69, 9.17) is 90.0 Å². The zero-order valence-electron chi connectivity index (χ0n) is 67.8. The van der Waals surface area contributed by atoms with Crippen LogP contribution in [0.3, 0.4) is 0 Å². The Morgan fingerprint density at radius 2 is 0.405 bits per heavy atom. The van der Waals surface area contributed by atoms with E-state index in [2.05, 4.69) is 26.6 Å². The van der Waals surface area contributed by atoms with Crippen LogP contribution in [0.2, 0.25) is 0 Å². The number of amides is 5.